The Balaban J connectivity index is 1.64. The summed E-state index contributed by atoms with van der Waals surface area (Å²) in [5.41, 5.74) is -0.0636. The third kappa shape index (κ3) is 5.46. The number of hydrogen-bond donors (Lipinski definition) is 2. The molecule has 0 spiro atoms. The Labute approximate surface area is 173 Å². The number of thiocarbonyl (C=S) groups is 1. The highest BCUT2D eigenvalue weighted by atomic mass is 32.2. The van der Waals surface area contributed by atoms with Gasteiger partial charge in [-0.2, -0.15) is 17.5 Å². The molecular formula is C19H20F3N3O2S2. The molecule has 5 nitrogen and oxygen atoms in total. The maximum atomic E-state index is 12.8. The molecule has 1 aliphatic rings. The third-order valence-electron chi connectivity index (χ3n) is 4.51. The van der Waals surface area contributed by atoms with Crippen LogP contribution in [0.3, 0.4) is 0 Å². The average molecular weight is 444 g/mol. The summed E-state index contributed by atoms with van der Waals surface area (Å²) < 4.78 is 65.2. The zero-order chi connectivity index (χ0) is 21.1. The van der Waals surface area contributed by atoms with Gasteiger partial charge in [-0.1, -0.05) is 12.5 Å². The van der Waals surface area contributed by atoms with Gasteiger partial charge in [-0.25, -0.2) is 8.42 Å². The number of halogens is 3. The molecule has 0 unspecified atom stereocenters. The minimum absolute atomic E-state index is 0.0935. The quantitative estimate of drug-likeness (QED) is 0.672. The number of anilines is 2. The van der Waals surface area contributed by atoms with E-state index in [2.05, 4.69) is 10.6 Å². The summed E-state index contributed by atoms with van der Waals surface area (Å²) in [7, 11) is -3.52. The van der Waals surface area contributed by atoms with Crippen molar-refractivity contribution in [3.05, 3.63) is 54.1 Å². The maximum Gasteiger partial charge on any atom is 0.416 e. The number of nitrogens with one attached hydrogen (secondary N) is 2. The van der Waals surface area contributed by atoms with Gasteiger partial charge in [-0.3, -0.25) is 0 Å². The normalized spacial score (nSPS) is 15.7. The topological polar surface area (TPSA) is 61.4 Å². The lowest BCUT2D eigenvalue weighted by Crippen LogP contribution is -2.35. The van der Waals surface area contributed by atoms with E-state index >= 15 is 0 Å². The van der Waals surface area contributed by atoms with Gasteiger partial charge in [-0.15, -0.1) is 0 Å². The fraction of sp³-hybridized carbons (Fsp3) is 0.316. The van der Waals surface area contributed by atoms with Crippen LogP contribution in [-0.2, 0) is 16.2 Å². The van der Waals surface area contributed by atoms with Gasteiger partial charge in [0, 0.05) is 24.5 Å². The van der Waals surface area contributed by atoms with Crippen LogP contribution in [0.2, 0.25) is 0 Å². The van der Waals surface area contributed by atoms with Crippen LogP contribution in [0.25, 0.3) is 0 Å². The SMILES string of the molecule is O=S(=O)(c1ccc(NC(=S)Nc2cccc(C(F)(F)F)c2)cc1)N1CCCCC1. The largest absolute Gasteiger partial charge is 0.416 e. The zero-order valence-corrected chi connectivity index (χ0v) is 17.0. The van der Waals surface area contributed by atoms with Gasteiger partial charge in [0.1, 0.15) is 0 Å². The molecule has 2 aromatic carbocycles. The van der Waals surface area contributed by atoms with Crippen molar-refractivity contribution in [2.75, 3.05) is 23.7 Å². The number of hydrogen-bond acceptors (Lipinski definition) is 3. The highest BCUT2D eigenvalue weighted by Crippen LogP contribution is 2.30. The van der Waals surface area contributed by atoms with Gasteiger partial charge in [-0.05, 0) is 67.5 Å². The zero-order valence-electron chi connectivity index (χ0n) is 15.4. The van der Waals surface area contributed by atoms with Crippen LogP contribution in [0.4, 0.5) is 24.5 Å². The van der Waals surface area contributed by atoms with E-state index in [0.29, 0.717) is 18.8 Å². The van der Waals surface area contributed by atoms with E-state index in [1.165, 1.54) is 28.6 Å². The maximum absolute atomic E-state index is 12.8. The van der Waals surface area contributed by atoms with E-state index in [1.54, 1.807) is 12.1 Å². The van der Waals surface area contributed by atoms with Crippen LogP contribution < -0.4 is 10.6 Å². The molecule has 1 heterocycles. The first-order valence-electron chi connectivity index (χ1n) is 9.02. The van der Waals surface area contributed by atoms with Gasteiger partial charge in [0.25, 0.3) is 0 Å². The van der Waals surface area contributed by atoms with Gasteiger partial charge in [0.2, 0.25) is 10.0 Å². The van der Waals surface area contributed by atoms with Crippen LogP contribution in [-0.4, -0.2) is 30.9 Å². The molecule has 2 aromatic rings. The van der Waals surface area contributed by atoms with Crippen molar-refractivity contribution in [3.63, 3.8) is 0 Å². The van der Waals surface area contributed by atoms with Crippen molar-refractivity contribution in [2.45, 2.75) is 30.3 Å². The summed E-state index contributed by atoms with van der Waals surface area (Å²) in [5.74, 6) is 0. The van der Waals surface area contributed by atoms with Gasteiger partial charge in [0.05, 0.1) is 10.5 Å². The van der Waals surface area contributed by atoms with Crippen molar-refractivity contribution in [1.82, 2.24) is 4.31 Å². The lowest BCUT2D eigenvalue weighted by Gasteiger charge is -2.25. The van der Waals surface area contributed by atoms with E-state index in [-0.39, 0.29) is 15.7 Å². The molecule has 0 radical (unpaired) electrons. The Hall–Kier alpha value is -2.17. The molecule has 3 rings (SSSR count). The lowest BCUT2D eigenvalue weighted by atomic mass is 10.2. The number of alkyl halides is 3. The van der Waals surface area contributed by atoms with Crippen LogP contribution in [0.1, 0.15) is 24.8 Å². The minimum Gasteiger partial charge on any atom is -0.332 e. The third-order valence-corrected chi connectivity index (χ3v) is 6.63. The first-order chi connectivity index (χ1) is 13.7. The number of rotatable bonds is 4. The van der Waals surface area contributed by atoms with Gasteiger partial charge < -0.3 is 10.6 Å². The second-order valence-corrected chi connectivity index (χ2v) is 8.99. The molecule has 2 N–H and O–H groups in total. The van der Waals surface area contributed by atoms with Crippen LogP contribution in [0.15, 0.2) is 53.4 Å². The molecule has 156 valence electrons. The number of piperidine rings is 1. The van der Waals surface area contributed by atoms with Crippen molar-refractivity contribution in [1.29, 1.82) is 0 Å². The summed E-state index contributed by atoms with van der Waals surface area (Å²) in [4.78, 5) is 0.196. The van der Waals surface area contributed by atoms with Crippen molar-refractivity contribution < 1.29 is 21.6 Å². The standard InChI is InChI=1S/C19H20F3N3O2S2/c20-19(21,22)14-5-4-6-16(13-14)24-18(28)23-15-7-9-17(10-8-15)29(26,27)25-11-2-1-3-12-25/h4-10,13H,1-3,11-12H2,(H2,23,24,28). The summed E-state index contributed by atoms with van der Waals surface area (Å²) in [6.07, 6.45) is -1.70. The summed E-state index contributed by atoms with van der Waals surface area (Å²) in [5, 5.41) is 5.62. The molecule has 0 aromatic heterocycles. The molecule has 0 aliphatic carbocycles. The summed E-state index contributed by atoms with van der Waals surface area (Å²) in [6, 6.07) is 10.8. The summed E-state index contributed by atoms with van der Waals surface area (Å²) >= 11 is 5.13. The Kier molecular flexibility index (Phi) is 6.45. The molecule has 29 heavy (non-hydrogen) atoms. The fourth-order valence-electron chi connectivity index (χ4n) is 3.03. The molecule has 0 saturated carbocycles. The fourth-order valence-corrected chi connectivity index (χ4v) is 4.78. The first-order valence-corrected chi connectivity index (χ1v) is 10.9. The first kappa shape index (κ1) is 21.5. The molecular weight excluding hydrogens is 423 g/mol. The van der Waals surface area contributed by atoms with Crippen molar-refractivity contribution in [2.24, 2.45) is 0 Å². The highest BCUT2D eigenvalue weighted by molar-refractivity contribution is 7.89. The minimum atomic E-state index is -4.44. The van der Waals surface area contributed by atoms with E-state index in [1.807, 2.05) is 0 Å². The summed E-state index contributed by atoms with van der Waals surface area (Å²) in [6.45, 7) is 1.04. The van der Waals surface area contributed by atoms with Crippen molar-refractivity contribution >= 4 is 38.7 Å². The molecule has 1 fully saturated rings. The second kappa shape index (κ2) is 8.68. The molecule has 0 bridgehead atoms. The van der Waals surface area contributed by atoms with Crippen LogP contribution in [0, 0.1) is 0 Å². The average Bonchev–Trinajstić information content (AvgIpc) is 2.68. The van der Waals surface area contributed by atoms with Crippen molar-refractivity contribution in [3.8, 4) is 0 Å². The van der Waals surface area contributed by atoms with E-state index in [4.69, 9.17) is 12.2 Å². The predicted molar refractivity (Wildman–Crippen MR) is 110 cm³/mol. The molecule has 10 heteroatoms. The Morgan fingerprint density at radius 2 is 1.55 bits per heavy atom. The lowest BCUT2D eigenvalue weighted by molar-refractivity contribution is -0.137. The van der Waals surface area contributed by atoms with Gasteiger partial charge >= 0.3 is 6.18 Å². The Morgan fingerprint density at radius 3 is 2.17 bits per heavy atom. The predicted octanol–water partition coefficient (Wildman–Crippen LogP) is 4.69. The second-order valence-electron chi connectivity index (χ2n) is 6.65. The molecule has 0 atom stereocenters. The Bertz CT molecular complexity index is 971. The Morgan fingerprint density at radius 1 is 0.931 bits per heavy atom. The van der Waals surface area contributed by atoms with E-state index in [9.17, 15) is 21.6 Å². The highest BCUT2D eigenvalue weighted by Gasteiger charge is 2.30. The van der Waals surface area contributed by atoms with Gasteiger partial charge in [0.15, 0.2) is 5.11 Å². The molecule has 1 aliphatic heterocycles. The number of nitrogens with zero attached hydrogens (tertiary/aromatic N) is 1. The number of sulfonamides is 1. The smallest absolute Gasteiger partial charge is 0.332 e. The van der Waals surface area contributed by atoms with E-state index < -0.39 is 21.8 Å². The molecule has 1 saturated heterocycles. The van der Waals surface area contributed by atoms with Crippen LogP contribution >= 0.6 is 12.2 Å². The monoisotopic (exact) mass is 443 g/mol. The molecule has 0 amide bonds. The van der Waals surface area contributed by atoms with Crippen LogP contribution in [0.5, 0.6) is 0 Å². The van der Waals surface area contributed by atoms with E-state index in [0.717, 1.165) is 31.4 Å². The number of benzene rings is 2.